The van der Waals surface area contributed by atoms with Gasteiger partial charge in [-0.1, -0.05) is 6.07 Å². The van der Waals surface area contributed by atoms with Crippen LogP contribution in [0.5, 0.6) is 0 Å². The third-order valence-electron chi connectivity index (χ3n) is 3.71. The number of pyridine rings is 1. The van der Waals surface area contributed by atoms with Gasteiger partial charge in [0.05, 0.1) is 12.3 Å². The number of piperazine rings is 1. The average Bonchev–Trinajstić information content (AvgIpc) is 3.03. The van der Waals surface area contributed by atoms with Crippen LogP contribution < -0.4 is 10.6 Å². The highest BCUT2D eigenvalue weighted by molar-refractivity contribution is 5.38. The summed E-state index contributed by atoms with van der Waals surface area (Å²) in [5.41, 5.74) is 6.15. The van der Waals surface area contributed by atoms with Gasteiger partial charge in [0.1, 0.15) is 11.6 Å². The maximum atomic E-state index is 6.15. The zero-order valence-electron chi connectivity index (χ0n) is 11.5. The quantitative estimate of drug-likeness (QED) is 0.914. The summed E-state index contributed by atoms with van der Waals surface area (Å²) in [6, 6.07) is 9.81. The molecule has 20 heavy (non-hydrogen) atoms. The third-order valence-corrected chi connectivity index (χ3v) is 3.71. The molecule has 0 amide bonds. The molecule has 2 aromatic rings. The summed E-state index contributed by atoms with van der Waals surface area (Å²) < 4.78 is 5.36. The first-order valence-electron chi connectivity index (χ1n) is 7.00. The maximum Gasteiger partial charge on any atom is 0.128 e. The van der Waals surface area contributed by atoms with Crippen LogP contribution in [-0.4, -0.2) is 42.6 Å². The van der Waals surface area contributed by atoms with Gasteiger partial charge in [0.25, 0.3) is 0 Å². The molecule has 3 rings (SSSR count). The van der Waals surface area contributed by atoms with Crippen molar-refractivity contribution in [3.05, 3.63) is 48.6 Å². The maximum absolute atomic E-state index is 6.15. The number of anilines is 1. The molecule has 106 valence electrons. The number of nitrogens with zero attached hydrogens (tertiary/aromatic N) is 3. The zero-order chi connectivity index (χ0) is 13.8. The predicted molar refractivity (Wildman–Crippen MR) is 78.5 cm³/mol. The minimum Gasteiger partial charge on any atom is -0.468 e. The van der Waals surface area contributed by atoms with Gasteiger partial charge in [0, 0.05) is 38.9 Å². The smallest absolute Gasteiger partial charge is 0.128 e. The lowest BCUT2D eigenvalue weighted by Gasteiger charge is -2.36. The molecule has 3 heterocycles. The zero-order valence-corrected chi connectivity index (χ0v) is 11.5. The summed E-state index contributed by atoms with van der Waals surface area (Å²) in [6.07, 6.45) is 3.52. The topological polar surface area (TPSA) is 58.5 Å². The van der Waals surface area contributed by atoms with E-state index in [1.165, 1.54) is 0 Å². The fourth-order valence-corrected chi connectivity index (χ4v) is 2.57. The van der Waals surface area contributed by atoms with Crippen LogP contribution in [0.4, 0.5) is 5.82 Å². The lowest BCUT2D eigenvalue weighted by molar-refractivity contribution is 0.234. The van der Waals surface area contributed by atoms with Crippen LogP contribution in [0.3, 0.4) is 0 Å². The van der Waals surface area contributed by atoms with Crippen LogP contribution in [-0.2, 0) is 0 Å². The second kappa shape index (κ2) is 6.07. The van der Waals surface area contributed by atoms with Crippen LogP contribution in [0.1, 0.15) is 11.8 Å². The minimum atomic E-state index is -0.0496. The van der Waals surface area contributed by atoms with Crippen molar-refractivity contribution in [1.82, 2.24) is 9.88 Å². The second-order valence-corrected chi connectivity index (χ2v) is 5.10. The fraction of sp³-hybridized carbons (Fsp3) is 0.400. The number of furan rings is 1. The molecule has 5 heteroatoms. The summed E-state index contributed by atoms with van der Waals surface area (Å²) >= 11 is 0. The van der Waals surface area contributed by atoms with Gasteiger partial charge in [-0.25, -0.2) is 4.98 Å². The van der Waals surface area contributed by atoms with Gasteiger partial charge in [0.2, 0.25) is 0 Å². The molecule has 1 fully saturated rings. The Bertz CT molecular complexity index is 506. The Morgan fingerprint density at radius 2 is 2.00 bits per heavy atom. The molecular weight excluding hydrogens is 252 g/mol. The van der Waals surface area contributed by atoms with E-state index in [-0.39, 0.29) is 6.04 Å². The first kappa shape index (κ1) is 13.1. The van der Waals surface area contributed by atoms with Crippen LogP contribution in [0.15, 0.2) is 47.2 Å². The van der Waals surface area contributed by atoms with E-state index in [0.29, 0.717) is 0 Å². The first-order valence-corrected chi connectivity index (χ1v) is 7.00. The van der Waals surface area contributed by atoms with Crippen molar-refractivity contribution in [3.8, 4) is 0 Å². The Balaban J connectivity index is 1.51. The van der Waals surface area contributed by atoms with E-state index in [4.69, 9.17) is 10.2 Å². The van der Waals surface area contributed by atoms with Crippen molar-refractivity contribution in [2.75, 3.05) is 37.6 Å². The summed E-state index contributed by atoms with van der Waals surface area (Å²) in [5.74, 6) is 1.92. The molecule has 1 aliphatic rings. The highest BCUT2D eigenvalue weighted by atomic mass is 16.3. The Labute approximate surface area is 119 Å². The van der Waals surface area contributed by atoms with E-state index in [9.17, 15) is 0 Å². The Hall–Kier alpha value is -1.85. The Morgan fingerprint density at radius 3 is 2.65 bits per heavy atom. The molecule has 0 radical (unpaired) electrons. The molecule has 0 spiro atoms. The number of hydrogen-bond donors (Lipinski definition) is 1. The lowest BCUT2D eigenvalue weighted by Crippen LogP contribution is -2.48. The fourth-order valence-electron chi connectivity index (χ4n) is 2.57. The highest BCUT2D eigenvalue weighted by Gasteiger charge is 2.20. The largest absolute Gasteiger partial charge is 0.468 e. The predicted octanol–water partition coefficient (Wildman–Crippen LogP) is 1.50. The monoisotopic (exact) mass is 272 g/mol. The number of rotatable bonds is 4. The molecule has 1 saturated heterocycles. The normalized spacial score (nSPS) is 18.1. The van der Waals surface area contributed by atoms with E-state index in [0.717, 1.165) is 44.3 Å². The van der Waals surface area contributed by atoms with E-state index in [2.05, 4.69) is 20.9 Å². The molecular formula is C15H20N4O. The van der Waals surface area contributed by atoms with Gasteiger partial charge in [-0.3, -0.25) is 4.90 Å². The van der Waals surface area contributed by atoms with Crippen LogP contribution >= 0.6 is 0 Å². The van der Waals surface area contributed by atoms with Gasteiger partial charge in [-0.15, -0.1) is 0 Å². The summed E-state index contributed by atoms with van der Waals surface area (Å²) in [7, 11) is 0. The second-order valence-electron chi connectivity index (χ2n) is 5.10. The van der Waals surface area contributed by atoms with Crippen molar-refractivity contribution in [2.45, 2.75) is 6.04 Å². The Kier molecular flexibility index (Phi) is 3.99. The van der Waals surface area contributed by atoms with Gasteiger partial charge in [-0.05, 0) is 24.3 Å². The SMILES string of the molecule is NC(CN1CCN(c2ccccn2)CC1)c1ccco1. The van der Waals surface area contributed by atoms with E-state index < -0.39 is 0 Å². The van der Waals surface area contributed by atoms with Crippen LogP contribution in [0.25, 0.3) is 0 Å². The summed E-state index contributed by atoms with van der Waals surface area (Å²) in [5, 5.41) is 0. The first-order chi connectivity index (χ1) is 9.83. The number of hydrogen-bond acceptors (Lipinski definition) is 5. The lowest BCUT2D eigenvalue weighted by atomic mass is 10.2. The molecule has 0 bridgehead atoms. The minimum absolute atomic E-state index is 0.0496. The number of aromatic nitrogens is 1. The van der Waals surface area contributed by atoms with Crippen LogP contribution in [0, 0.1) is 0 Å². The van der Waals surface area contributed by atoms with Gasteiger partial charge < -0.3 is 15.1 Å². The molecule has 2 aromatic heterocycles. The molecule has 1 aliphatic heterocycles. The van der Waals surface area contributed by atoms with E-state index >= 15 is 0 Å². The van der Waals surface area contributed by atoms with E-state index in [1.807, 2.05) is 30.5 Å². The third kappa shape index (κ3) is 3.00. The molecule has 0 aliphatic carbocycles. The number of nitrogens with two attached hydrogens (primary N) is 1. The summed E-state index contributed by atoms with van der Waals surface area (Å²) in [6.45, 7) is 4.82. The summed E-state index contributed by atoms with van der Waals surface area (Å²) in [4.78, 5) is 9.09. The van der Waals surface area contributed by atoms with Crippen molar-refractivity contribution < 1.29 is 4.42 Å². The van der Waals surface area contributed by atoms with E-state index in [1.54, 1.807) is 6.26 Å². The van der Waals surface area contributed by atoms with Crippen LogP contribution in [0.2, 0.25) is 0 Å². The van der Waals surface area contributed by atoms with Crippen molar-refractivity contribution >= 4 is 5.82 Å². The molecule has 0 aromatic carbocycles. The molecule has 1 unspecified atom stereocenters. The van der Waals surface area contributed by atoms with Crippen molar-refractivity contribution in [1.29, 1.82) is 0 Å². The molecule has 5 nitrogen and oxygen atoms in total. The Morgan fingerprint density at radius 1 is 1.15 bits per heavy atom. The standard InChI is InChI=1S/C15H20N4O/c16-13(14-4-3-11-20-14)12-18-7-9-19(10-8-18)15-5-1-2-6-17-15/h1-6,11,13H,7-10,12,16H2. The van der Waals surface area contributed by atoms with Gasteiger partial charge >= 0.3 is 0 Å². The van der Waals surface area contributed by atoms with Gasteiger partial charge in [-0.2, -0.15) is 0 Å². The van der Waals surface area contributed by atoms with Crippen molar-refractivity contribution in [2.24, 2.45) is 5.73 Å². The van der Waals surface area contributed by atoms with Crippen molar-refractivity contribution in [3.63, 3.8) is 0 Å². The molecule has 2 N–H and O–H groups in total. The molecule has 1 atom stereocenters. The highest BCUT2D eigenvalue weighted by Crippen LogP contribution is 2.16. The van der Waals surface area contributed by atoms with Gasteiger partial charge in [0.15, 0.2) is 0 Å². The molecule has 0 saturated carbocycles. The average molecular weight is 272 g/mol.